The van der Waals surface area contributed by atoms with Crippen LogP contribution < -0.4 is 14.8 Å². The number of nitrogens with one attached hydrogen (secondary N) is 2. The number of halogens is 3. The molecule has 0 saturated heterocycles. The van der Waals surface area contributed by atoms with Gasteiger partial charge in [0.2, 0.25) is 5.88 Å². The second kappa shape index (κ2) is 11.0. The Labute approximate surface area is 218 Å². The molecule has 1 saturated carbocycles. The van der Waals surface area contributed by atoms with Gasteiger partial charge < -0.3 is 10.1 Å². The summed E-state index contributed by atoms with van der Waals surface area (Å²) in [5.74, 6) is -0.110. The second-order valence-corrected chi connectivity index (χ2v) is 11.0. The average molecular weight is 555 g/mol. The van der Waals surface area contributed by atoms with Crippen molar-refractivity contribution in [3.63, 3.8) is 0 Å². The van der Waals surface area contributed by atoms with Gasteiger partial charge in [-0.15, -0.1) is 0 Å². The van der Waals surface area contributed by atoms with Gasteiger partial charge in [0, 0.05) is 12.2 Å². The fourth-order valence-electron chi connectivity index (χ4n) is 3.79. The minimum absolute atomic E-state index is 0.00827. The molecule has 1 aliphatic carbocycles. The third-order valence-corrected chi connectivity index (χ3v) is 7.85. The zero-order valence-corrected chi connectivity index (χ0v) is 21.5. The molecule has 4 rings (SSSR count). The van der Waals surface area contributed by atoms with Crippen LogP contribution in [0.1, 0.15) is 42.5 Å². The summed E-state index contributed by atoms with van der Waals surface area (Å²) in [4.78, 5) is 17.0. The topological polar surface area (TPSA) is 97.4 Å². The third-order valence-electron chi connectivity index (χ3n) is 5.54. The molecule has 1 aromatic heterocycles. The first kappa shape index (κ1) is 25.6. The third kappa shape index (κ3) is 6.38. The number of carbonyl (C=O) groups excluding carboxylic acids is 1. The molecule has 1 amide bonds. The molecule has 7 nitrogen and oxygen atoms in total. The maximum atomic E-state index is 13.0. The van der Waals surface area contributed by atoms with Gasteiger partial charge in [0.05, 0.1) is 25.5 Å². The Hall–Kier alpha value is -2.52. The number of carbonyl (C=O) groups is 1. The van der Waals surface area contributed by atoms with E-state index in [0.717, 1.165) is 25.7 Å². The van der Waals surface area contributed by atoms with Crippen LogP contribution in [0.4, 0.5) is 5.69 Å². The molecule has 184 valence electrons. The molecule has 1 fully saturated rings. The van der Waals surface area contributed by atoms with Crippen molar-refractivity contribution in [2.24, 2.45) is 0 Å². The van der Waals surface area contributed by atoms with Gasteiger partial charge in [-0.25, -0.2) is 13.4 Å². The van der Waals surface area contributed by atoms with E-state index in [-0.39, 0.29) is 49.2 Å². The summed E-state index contributed by atoms with van der Waals surface area (Å²) in [6.45, 7) is 0. The lowest BCUT2D eigenvalue weighted by atomic mass is 9.95. The van der Waals surface area contributed by atoms with Gasteiger partial charge in [0.1, 0.15) is 11.4 Å². The van der Waals surface area contributed by atoms with E-state index in [1.807, 2.05) is 0 Å². The largest absolute Gasteiger partial charge is 0.436 e. The predicted octanol–water partition coefficient (Wildman–Crippen LogP) is 6.70. The highest BCUT2D eigenvalue weighted by atomic mass is 35.5. The van der Waals surface area contributed by atoms with Crippen molar-refractivity contribution in [2.75, 3.05) is 4.72 Å². The van der Waals surface area contributed by atoms with Gasteiger partial charge in [0.25, 0.3) is 15.9 Å². The van der Waals surface area contributed by atoms with Crippen molar-refractivity contribution in [2.45, 2.75) is 43.0 Å². The van der Waals surface area contributed by atoms with Crippen LogP contribution in [0.15, 0.2) is 59.6 Å². The minimum atomic E-state index is -4.08. The van der Waals surface area contributed by atoms with E-state index in [2.05, 4.69) is 15.0 Å². The Kier molecular flexibility index (Phi) is 8.06. The minimum Gasteiger partial charge on any atom is -0.436 e. The van der Waals surface area contributed by atoms with Crippen molar-refractivity contribution < 1.29 is 17.9 Å². The molecular weight excluding hydrogens is 533 g/mol. The molecule has 1 heterocycles. The predicted molar refractivity (Wildman–Crippen MR) is 137 cm³/mol. The second-order valence-electron chi connectivity index (χ2n) is 8.09. The van der Waals surface area contributed by atoms with Crippen molar-refractivity contribution in [1.29, 1.82) is 0 Å². The van der Waals surface area contributed by atoms with Crippen LogP contribution in [0.2, 0.25) is 15.1 Å². The Morgan fingerprint density at radius 2 is 1.71 bits per heavy atom. The van der Waals surface area contributed by atoms with Crippen LogP contribution in [0.25, 0.3) is 0 Å². The first-order chi connectivity index (χ1) is 16.7. The van der Waals surface area contributed by atoms with E-state index in [0.29, 0.717) is 5.56 Å². The molecule has 0 aliphatic heterocycles. The van der Waals surface area contributed by atoms with E-state index in [9.17, 15) is 13.2 Å². The summed E-state index contributed by atoms with van der Waals surface area (Å²) in [5, 5.41) is 3.56. The molecule has 0 atom stereocenters. The Bertz CT molecular complexity index is 1350. The molecule has 35 heavy (non-hydrogen) atoms. The van der Waals surface area contributed by atoms with Gasteiger partial charge in [-0.05, 0) is 49.2 Å². The van der Waals surface area contributed by atoms with E-state index < -0.39 is 10.0 Å². The van der Waals surface area contributed by atoms with Crippen molar-refractivity contribution in [3.05, 3.63) is 75.4 Å². The SMILES string of the molecule is O=C(NC1CCCCC1)c1ccccc1Oc1ncc(Cl)cc1NS(=O)(=O)c1ccc(Cl)c(Cl)c1. The number of hydrogen-bond donors (Lipinski definition) is 2. The summed E-state index contributed by atoms with van der Waals surface area (Å²) in [6.07, 6.45) is 6.54. The number of ether oxygens (including phenoxy) is 1. The van der Waals surface area contributed by atoms with E-state index in [4.69, 9.17) is 39.5 Å². The van der Waals surface area contributed by atoms with Gasteiger partial charge in [-0.1, -0.05) is 66.2 Å². The van der Waals surface area contributed by atoms with Crippen molar-refractivity contribution in [1.82, 2.24) is 10.3 Å². The number of amides is 1. The molecule has 1 aliphatic rings. The van der Waals surface area contributed by atoms with E-state index in [1.165, 1.54) is 36.9 Å². The Morgan fingerprint density at radius 3 is 2.46 bits per heavy atom. The molecule has 3 aromatic rings. The van der Waals surface area contributed by atoms with E-state index in [1.54, 1.807) is 24.3 Å². The van der Waals surface area contributed by atoms with Crippen LogP contribution in [-0.2, 0) is 10.0 Å². The average Bonchev–Trinajstić information content (AvgIpc) is 2.83. The molecule has 11 heteroatoms. The number of rotatable bonds is 7. The number of pyridine rings is 1. The van der Waals surface area contributed by atoms with Crippen molar-refractivity contribution >= 4 is 56.4 Å². The molecule has 2 N–H and O–H groups in total. The van der Waals surface area contributed by atoms with Crippen LogP contribution >= 0.6 is 34.8 Å². The Morgan fingerprint density at radius 1 is 0.971 bits per heavy atom. The lowest BCUT2D eigenvalue weighted by Crippen LogP contribution is -2.36. The summed E-state index contributed by atoms with van der Waals surface area (Å²) >= 11 is 18.0. The maximum absolute atomic E-state index is 13.0. The zero-order chi connectivity index (χ0) is 25.0. The summed E-state index contributed by atoms with van der Waals surface area (Å²) in [5.41, 5.74) is 0.305. The number of nitrogens with zero attached hydrogens (tertiary/aromatic N) is 1. The first-order valence-electron chi connectivity index (χ1n) is 10.9. The lowest BCUT2D eigenvalue weighted by molar-refractivity contribution is 0.0925. The smallest absolute Gasteiger partial charge is 0.262 e. The van der Waals surface area contributed by atoms with Crippen LogP contribution in [0, 0.1) is 0 Å². The lowest BCUT2D eigenvalue weighted by Gasteiger charge is -2.23. The summed E-state index contributed by atoms with van der Waals surface area (Å²) in [7, 11) is -4.08. The highest BCUT2D eigenvalue weighted by Crippen LogP contribution is 2.34. The number of para-hydroxylation sites is 1. The van der Waals surface area contributed by atoms with Crippen LogP contribution in [0.3, 0.4) is 0 Å². The molecular formula is C24H22Cl3N3O4S. The number of benzene rings is 2. The highest BCUT2D eigenvalue weighted by Gasteiger charge is 2.22. The first-order valence-corrected chi connectivity index (χ1v) is 13.6. The van der Waals surface area contributed by atoms with Crippen molar-refractivity contribution in [3.8, 4) is 11.6 Å². The molecule has 0 spiro atoms. The standard InChI is InChI=1S/C24H22Cl3N3O4S/c25-15-12-21(30-35(32,33)17-10-11-19(26)20(27)13-17)24(28-14-15)34-22-9-5-4-8-18(22)23(31)29-16-6-2-1-3-7-16/h4-5,8-14,16,30H,1-3,6-7H2,(H,29,31). The summed E-state index contributed by atoms with van der Waals surface area (Å²) in [6, 6.07) is 12.1. The Balaban J connectivity index is 1.60. The summed E-state index contributed by atoms with van der Waals surface area (Å²) < 4.78 is 34.3. The molecule has 0 radical (unpaired) electrons. The van der Waals surface area contributed by atoms with Gasteiger partial charge in [-0.3, -0.25) is 9.52 Å². The fourth-order valence-corrected chi connectivity index (χ4v) is 5.38. The monoisotopic (exact) mass is 553 g/mol. The molecule has 0 unspecified atom stereocenters. The number of aromatic nitrogens is 1. The quantitative estimate of drug-likeness (QED) is 0.339. The van der Waals surface area contributed by atoms with E-state index >= 15 is 0 Å². The van der Waals surface area contributed by atoms with Gasteiger partial charge >= 0.3 is 0 Å². The van der Waals surface area contributed by atoms with Gasteiger partial charge in [0.15, 0.2) is 0 Å². The fraction of sp³-hybridized carbons (Fsp3) is 0.250. The highest BCUT2D eigenvalue weighted by molar-refractivity contribution is 7.92. The zero-order valence-electron chi connectivity index (χ0n) is 18.4. The normalized spacial score (nSPS) is 14.4. The molecule has 0 bridgehead atoms. The van der Waals surface area contributed by atoms with Gasteiger partial charge in [-0.2, -0.15) is 0 Å². The van der Waals surface area contributed by atoms with Crippen LogP contribution in [-0.4, -0.2) is 25.4 Å². The maximum Gasteiger partial charge on any atom is 0.262 e. The number of anilines is 1. The van der Waals surface area contributed by atoms with Crippen LogP contribution in [0.5, 0.6) is 11.6 Å². The molecule has 2 aromatic carbocycles. The number of hydrogen-bond acceptors (Lipinski definition) is 5. The number of sulfonamides is 1.